The lowest BCUT2D eigenvalue weighted by Gasteiger charge is -2.41. The normalized spacial score (nSPS) is 20.6. The molecule has 2 aliphatic rings. The number of aromatic nitrogens is 2. The van der Waals surface area contributed by atoms with E-state index in [0.717, 1.165) is 16.5 Å². The Morgan fingerprint density at radius 2 is 2.06 bits per heavy atom. The monoisotopic (exact) mass is 464 g/mol. The van der Waals surface area contributed by atoms with Gasteiger partial charge < -0.3 is 29.5 Å². The number of nitrogens with zero attached hydrogens (tertiary/aromatic N) is 4. The lowest BCUT2D eigenvalue weighted by molar-refractivity contribution is 0.0477. The van der Waals surface area contributed by atoms with Crippen LogP contribution < -0.4 is 4.90 Å². The van der Waals surface area contributed by atoms with E-state index in [-0.39, 0.29) is 30.6 Å². The molecule has 2 aromatic carbocycles. The fraction of sp³-hybridized carbons (Fsp3) is 0.400. The first kappa shape index (κ1) is 22.4. The van der Waals surface area contributed by atoms with Gasteiger partial charge in [0.05, 0.1) is 36.9 Å². The van der Waals surface area contributed by atoms with Gasteiger partial charge in [0.1, 0.15) is 17.7 Å². The Kier molecular flexibility index (Phi) is 6.21. The second kappa shape index (κ2) is 9.44. The number of aromatic hydroxyl groups is 1. The predicted octanol–water partition coefficient (Wildman–Crippen LogP) is 2.72. The quantitative estimate of drug-likeness (QED) is 0.607. The molecular weight excluding hydrogens is 436 g/mol. The Balaban J connectivity index is 1.48. The van der Waals surface area contributed by atoms with Gasteiger partial charge in [-0.2, -0.15) is 0 Å². The van der Waals surface area contributed by atoms with Gasteiger partial charge >= 0.3 is 6.09 Å². The summed E-state index contributed by atoms with van der Waals surface area (Å²) in [6.45, 7) is 4.10. The molecule has 2 N–H and O–H groups in total. The minimum absolute atomic E-state index is 0.0996. The van der Waals surface area contributed by atoms with Gasteiger partial charge in [-0.05, 0) is 36.8 Å². The summed E-state index contributed by atoms with van der Waals surface area (Å²) in [6, 6.07) is 12.6. The zero-order valence-corrected chi connectivity index (χ0v) is 19.1. The first-order chi connectivity index (χ1) is 16.5. The number of rotatable bonds is 4. The van der Waals surface area contributed by atoms with Crippen LogP contribution in [0.3, 0.4) is 0 Å². The first-order valence-corrected chi connectivity index (χ1v) is 11.5. The molecule has 5 rings (SSSR count). The molecule has 1 amide bonds. The molecule has 0 spiro atoms. The van der Waals surface area contributed by atoms with Crippen LogP contribution in [0.2, 0.25) is 0 Å². The van der Waals surface area contributed by atoms with E-state index in [2.05, 4.69) is 0 Å². The van der Waals surface area contributed by atoms with Crippen LogP contribution in [-0.4, -0.2) is 82.8 Å². The minimum atomic E-state index is -0.383. The number of aryl methyl sites for hydroxylation is 1. The van der Waals surface area contributed by atoms with Crippen molar-refractivity contribution in [1.82, 2.24) is 14.9 Å². The summed E-state index contributed by atoms with van der Waals surface area (Å²) in [5, 5.41) is 21.5. The summed E-state index contributed by atoms with van der Waals surface area (Å²) in [5.41, 5.74) is 2.35. The topological polar surface area (TPSA) is 108 Å². The van der Waals surface area contributed by atoms with Crippen LogP contribution in [0, 0.1) is 6.92 Å². The third-order valence-corrected chi connectivity index (χ3v) is 6.36. The van der Waals surface area contributed by atoms with E-state index in [1.807, 2.05) is 36.1 Å². The minimum Gasteiger partial charge on any atom is -0.507 e. The number of hydrogen-bond donors (Lipinski definition) is 2. The second-order valence-corrected chi connectivity index (χ2v) is 8.75. The average Bonchev–Trinajstić information content (AvgIpc) is 3.36. The number of para-hydroxylation sites is 1. The number of carbonyl (C=O) groups is 1. The van der Waals surface area contributed by atoms with Crippen molar-refractivity contribution < 1.29 is 24.5 Å². The van der Waals surface area contributed by atoms with Crippen LogP contribution in [0.1, 0.15) is 12.0 Å². The molecule has 2 fully saturated rings. The standard InChI is InChI=1S/C25H28N4O5/c1-16-6-7-19-21(12-16)26-23(20-4-2-3-5-22(20)31)27-24(19)29-10-9-28(13-17(29)14-30)25(32)34-18-8-11-33-15-18/h2-7,12,17-18,30-31H,8-11,13-15H2,1H3/t17-,18?/m0/s1. The lowest BCUT2D eigenvalue weighted by atomic mass is 10.1. The average molecular weight is 465 g/mol. The van der Waals surface area contributed by atoms with E-state index in [9.17, 15) is 15.0 Å². The van der Waals surface area contributed by atoms with Crippen LogP contribution in [0.5, 0.6) is 5.75 Å². The zero-order valence-electron chi connectivity index (χ0n) is 19.1. The van der Waals surface area contributed by atoms with Crippen LogP contribution in [0.25, 0.3) is 22.3 Å². The highest BCUT2D eigenvalue weighted by molar-refractivity contribution is 5.92. The number of hydrogen-bond acceptors (Lipinski definition) is 8. The number of phenols is 1. The maximum Gasteiger partial charge on any atom is 0.410 e. The van der Waals surface area contributed by atoms with Crippen molar-refractivity contribution in [2.75, 3.05) is 44.4 Å². The first-order valence-electron chi connectivity index (χ1n) is 11.5. The van der Waals surface area contributed by atoms with Crippen LogP contribution in [0.4, 0.5) is 10.6 Å². The van der Waals surface area contributed by atoms with Crippen molar-refractivity contribution in [3.8, 4) is 17.1 Å². The molecule has 2 aliphatic heterocycles. The third kappa shape index (κ3) is 4.36. The molecule has 0 bridgehead atoms. The number of fused-ring (bicyclic) bond motifs is 1. The predicted molar refractivity (Wildman–Crippen MR) is 127 cm³/mol. The van der Waals surface area contributed by atoms with Crippen molar-refractivity contribution in [3.63, 3.8) is 0 Å². The Labute approximate surface area is 197 Å². The number of aliphatic hydroxyl groups is 1. The van der Waals surface area contributed by atoms with Crippen LogP contribution in [-0.2, 0) is 9.47 Å². The number of piperazine rings is 1. The van der Waals surface area contributed by atoms with Gasteiger partial charge in [-0.15, -0.1) is 0 Å². The molecule has 178 valence electrons. The van der Waals surface area contributed by atoms with E-state index in [4.69, 9.17) is 19.4 Å². The molecule has 1 unspecified atom stereocenters. The summed E-state index contributed by atoms with van der Waals surface area (Å²) < 4.78 is 10.9. The van der Waals surface area contributed by atoms with Crippen molar-refractivity contribution >= 4 is 22.8 Å². The second-order valence-electron chi connectivity index (χ2n) is 8.75. The summed E-state index contributed by atoms with van der Waals surface area (Å²) in [6.07, 6.45) is 0.108. The number of aliphatic hydroxyl groups excluding tert-OH is 1. The number of anilines is 1. The summed E-state index contributed by atoms with van der Waals surface area (Å²) in [7, 11) is 0. The van der Waals surface area contributed by atoms with E-state index in [1.54, 1.807) is 23.1 Å². The van der Waals surface area contributed by atoms with E-state index < -0.39 is 0 Å². The maximum absolute atomic E-state index is 12.7. The largest absolute Gasteiger partial charge is 0.507 e. The Morgan fingerprint density at radius 3 is 2.82 bits per heavy atom. The molecule has 9 heteroatoms. The molecule has 9 nitrogen and oxygen atoms in total. The fourth-order valence-corrected chi connectivity index (χ4v) is 4.50. The molecule has 1 aromatic heterocycles. The highest BCUT2D eigenvalue weighted by Gasteiger charge is 2.33. The molecule has 0 radical (unpaired) electrons. The van der Waals surface area contributed by atoms with Crippen molar-refractivity contribution in [2.45, 2.75) is 25.5 Å². The van der Waals surface area contributed by atoms with Crippen molar-refractivity contribution in [2.24, 2.45) is 0 Å². The summed E-state index contributed by atoms with van der Waals surface area (Å²) >= 11 is 0. The Hall–Kier alpha value is -3.43. The highest BCUT2D eigenvalue weighted by atomic mass is 16.6. The van der Waals surface area contributed by atoms with Gasteiger partial charge in [0.25, 0.3) is 0 Å². The Bertz CT molecular complexity index is 1200. The molecule has 3 aromatic rings. The molecule has 2 atom stereocenters. The number of amides is 1. The lowest BCUT2D eigenvalue weighted by Crippen LogP contribution is -2.57. The van der Waals surface area contributed by atoms with Gasteiger partial charge in [0.15, 0.2) is 5.82 Å². The zero-order chi connectivity index (χ0) is 23.7. The van der Waals surface area contributed by atoms with Crippen molar-refractivity contribution in [3.05, 3.63) is 48.0 Å². The maximum atomic E-state index is 12.7. The van der Waals surface area contributed by atoms with Crippen molar-refractivity contribution in [1.29, 1.82) is 0 Å². The number of phenolic OH excluding ortho intramolecular Hbond substituents is 1. The number of benzene rings is 2. The van der Waals surface area contributed by atoms with Gasteiger partial charge in [0, 0.05) is 31.4 Å². The van der Waals surface area contributed by atoms with Gasteiger partial charge in [0.2, 0.25) is 0 Å². The van der Waals surface area contributed by atoms with Crippen LogP contribution >= 0.6 is 0 Å². The van der Waals surface area contributed by atoms with E-state index in [1.165, 1.54) is 0 Å². The van der Waals surface area contributed by atoms with Gasteiger partial charge in [-0.1, -0.05) is 18.2 Å². The van der Waals surface area contributed by atoms with E-state index in [0.29, 0.717) is 56.5 Å². The molecule has 34 heavy (non-hydrogen) atoms. The molecular formula is C25H28N4O5. The SMILES string of the molecule is Cc1ccc2c(N3CCN(C(=O)OC4CCOC4)C[C@H]3CO)nc(-c3ccccc3O)nc2c1. The van der Waals surface area contributed by atoms with Gasteiger partial charge in [-0.3, -0.25) is 0 Å². The molecule has 3 heterocycles. The molecule has 2 saturated heterocycles. The number of carbonyl (C=O) groups excluding carboxylic acids is 1. The third-order valence-electron chi connectivity index (χ3n) is 6.36. The van der Waals surface area contributed by atoms with E-state index >= 15 is 0 Å². The molecule has 0 saturated carbocycles. The Morgan fingerprint density at radius 1 is 1.21 bits per heavy atom. The highest BCUT2D eigenvalue weighted by Crippen LogP contribution is 2.33. The summed E-state index contributed by atoms with van der Waals surface area (Å²) in [4.78, 5) is 25.9. The van der Waals surface area contributed by atoms with Gasteiger partial charge in [-0.25, -0.2) is 14.8 Å². The van der Waals surface area contributed by atoms with Crippen LogP contribution in [0.15, 0.2) is 42.5 Å². The fourth-order valence-electron chi connectivity index (χ4n) is 4.50. The molecule has 0 aliphatic carbocycles. The number of ether oxygens (including phenoxy) is 2. The smallest absolute Gasteiger partial charge is 0.410 e. The summed E-state index contributed by atoms with van der Waals surface area (Å²) in [5.74, 6) is 1.17.